The second-order valence-corrected chi connectivity index (χ2v) is 6.47. The molecular formula is C9H18Cl2N3OPS. The fraction of sp³-hybridized carbons (Fsp3) is 0.889. The van der Waals surface area contributed by atoms with Crippen LogP contribution in [0.15, 0.2) is 4.76 Å². The third-order valence-corrected chi connectivity index (χ3v) is 5.69. The first-order valence-electron chi connectivity index (χ1n) is 5.42. The van der Waals surface area contributed by atoms with Crippen LogP contribution in [0.4, 0.5) is 0 Å². The predicted molar refractivity (Wildman–Crippen MR) is 78.6 cm³/mol. The lowest BCUT2D eigenvalue weighted by atomic mass is 10.6. The second kappa shape index (κ2) is 9.46. The van der Waals surface area contributed by atoms with Crippen molar-refractivity contribution in [1.82, 2.24) is 9.34 Å². The van der Waals surface area contributed by atoms with Gasteiger partial charge >= 0.3 is 7.59 Å². The van der Waals surface area contributed by atoms with Crippen molar-refractivity contribution in [2.45, 2.75) is 13.8 Å². The number of halogens is 2. The van der Waals surface area contributed by atoms with Crippen LogP contribution in [-0.4, -0.2) is 52.4 Å². The fourth-order valence-corrected chi connectivity index (χ4v) is 4.66. The molecule has 8 heteroatoms. The number of thiocarbonyl (C=S) groups is 1. The van der Waals surface area contributed by atoms with Crippen molar-refractivity contribution in [3.05, 3.63) is 0 Å². The summed E-state index contributed by atoms with van der Waals surface area (Å²) in [5.74, 6) is 0.740. The standard InChI is InChI=1S/C9H18Cl2N3OPS/c1-3-13(4-2)16(15,12-9-17)14(7-5-10)8-6-11/h3-8H2,1-2H3. The van der Waals surface area contributed by atoms with Crippen molar-refractivity contribution in [1.29, 1.82) is 0 Å². The summed E-state index contributed by atoms with van der Waals surface area (Å²) in [6.45, 7) is 6.01. The Morgan fingerprint density at radius 1 is 1.18 bits per heavy atom. The molecule has 100 valence electrons. The molecule has 0 fully saturated rings. The first-order chi connectivity index (χ1) is 8.10. The van der Waals surface area contributed by atoms with E-state index in [2.05, 4.69) is 22.1 Å². The summed E-state index contributed by atoms with van der Waals surface area (Å²) in [4.78, 5) is 0. The van der Waals surface area contributed by atoms with Gasteiger partial charge in [-0.25, -0.2) is 9.34 Å². The maximum atomic E-state index is 12.9. The Kier molecular flexibility index (Phi) is 9.75. The van der Waals surface area contributed by atoms with E-state index < -0.39 is 7.59 Å². The van der Waals surface area contributed by atoms with Crippen LogP contribution in [0.5, 0.6) is 0 Å². The van der Waals surface area contributed by atoms with Crippen molar-refractivity contribution in [2.75, 3.05) is 37.9 Å². The molecule has 1 atom stereocenters. The van der Waals surface area contributed by atoms with E-state index in [0.717, 1.165) is 0 Å². The minimum atomic E-state index is -3.07. The van der Waals surface area contributed by atoms with Crippen LogP contribution in [0.25, 0.3) is 0 Å². The smallest absolute Gasteiger partial charge is 0.261 e. The molecule has 0 aromatic rings. The molecule has 0 bridgehead atoms. The number of hydrogen-bond acceptors (Lipinski definition) is 2. The van der Waals surface area contributed by atoms with E-state index in [1.807, 2.05) is 13.8 Å². The molecule has 0 saturated heterocycles. The van der Waals surface area contributed by atoms with E-state index in [-0.39, 0.29) is 0 Å². The zero-order chi connectivity index (χ0) is 13.3. The van der Waals surface area contributed by atoms with Gasteiger partial charge in [-0.3, -0.25) is 4.57 Å². The van der Waals surface area contributed by atoms with Gasteiger partial charge in [0, 0.05) is 37.9 Å². The summed E-state index contributed by atoms with van der Waals surface area (Å²) < 4.78 is 20.2. The number of rotatable bonds is 9. The van der Waals surface area contributed by atoms with Crippen LogP contribution in [0.2, 0.25) is 0 Å². The van der Waals surface area contributed by atoms with Crippen LogP contribution in [-0.2, 0) is 4.57 Å². The van der Waals surface area contributed by atoms with E-state index in [0.29, 0.717) is 37.9 Å². The molecule has 0 aromatic heterocycles. The third kappa shape index (κ3) is 4.96. The number of alkyl halides is 2. The van der Waals surface area contributed by atoms with Gasteiger partial charge in [-0.15, -0.1) is 28.0 Å². The van der Waals surface area contributed by atoms with Crippen LogP contribution in [0.1, 0.15) is 13.8 Å². The highest BCUT2D eigenvalue weighted by atomic mass is 35.5. The van der Waals surface area contributed by atoms with Gasteiger partial charge < -0.3 is 0 Å². The fourth-order valence-electron chi connectivity index (χ4n) is 1.52. The summed E-state index contributed by atoms with van der Waals surface area (Å²) in [7, 11) is -3.07. The lowest BCUT2D eigenvalue weighted by molar-refractivity contribution is 0.362. The van der Waals surface area contributed by atoms with Crippen LogP contribution >= 0.6 is 43.0 Å². The van der Waals surface area contributed by atoms with E-state index in [1.54, 1.807) is 9.34 Å². The molecule has 0 rings (SSSR count). The normalized spacial score (nSPS) is 14.7. The third-order valence-electron chi connectivity index (χ3n) is 2.32. The minimum Gasteiger partial charge on any atom is -0.261 e. The van der Waals surface area contributed by atoms with Crippen molar-refractivity contribution < 1.29 is 4.57 Å². The van der Waals surface area contributed by atoms with Gasteiger partial charge in [0.1, 0.15) is 0 Å². The molecule has 0 aromatic carbocycles. The molecule has 0 saturated carbocycles. The average Bonchev–Trinajstić information content (AvgIpc) is 2.30. The van der Waals surface area contributed by atoms with Crippen LogP contribution in [0, 0.1) is 0 Å². The van der Waals surface area contributed by atoms with Crippen molar-refractivity contribution in [3.63, 3.8) is 0 Å². The maximum absolute atomic E-state index is 12.9. The van der Waals surface area contributed by atoms with Gasteiger partial charge in [0.25, 0.3) is 0 Å². The Labute approximate surface area is 118 Å². The number of isothiocyanates is 1. The highest BCUT2D eigenvalue weighted by Gasteiger charge is 2.34. The molecular weight excluding hydrogens is 300 g/mol. The molecule has 0 heterocycles. The average molecular weight is 318 g/mol. The summed E-state index contributed by atoms with van der Waals surface area (Å²) in [5.41, 5.74) is 0. The van der Waals surface area contributed by atoms with E-state index >= 15 is 0 Å². The zero-order valence-corrected chi connectivity index (χ0v) is 13.3. The summed E-state index contributed by atoms with van der Waals surface area (Å²) in [6.07, 6.45) is 0. The van der Waals surface area contributed by atoms with E-state index in [9.17, 15) is 4.57 Å². The van der Waals surface area contributed by atoms with Gasteiger partial charge in [0.2, 0.25) is 0 Å². The van der Waals surface area contributed by atoms with Gasteiger partial charge in [0.15, 0.2) is 0 Å². The highest BCUT2D eigenvalue weighted by molar-refractivity contribution is 7.78. The SMILES string of the molecule is CCN(CC)P(=O)(N=C=S)N(CCCl)CCCl. The first kappa shape index (κ1) is 17.5. The van der Waals surface area contributed by atoms with Gasteiger partial charge in [0.05, 0.1) is 5.16 Å². The predicted octanol–water partition coefficient (Wildman–Crippen LogP) is 3.32. The van der Waals surface area contributed by atoms with Gasteiger partial charge in [-0.1, -0.05) is 13.8 Å². The van der Waals surface area contributed by atoms with Gasteiger partial charge in [-0.2, -0.15) is 0 Å². The Morgan fingerprint density at radius 3 is 1.94 bits per heavy atom. The Bertz CT molecular complexity index is 303. The first-order valence-corrected chi connectivity index (χ1v) is 8.47. The van der Waals surface area contributed by atoms with Crippen molar-refractivity contribution in [3.8, 4) is 0 Å². The van der Waals surface area contributed by atoms with Crippen LogP contribution < -0.4 is 0 Å². The second-order valence-electron chi connectivity index (χ2n) is 3.18. The number of nitrogens with zero attached hydrogens (tertiary/aromatic N) is 3. The molecule has 1 unspecified atom stereocenters. The summed E-state index contributed by atoms with van der Waals surface area (Å²) in [5, 5.41) is 2.23. The molecule has 0 amide bonds. The zero-order valence-electron chi connectivity index (χ0n) is 10.1. The van der Waals surface area contributed by atoms with E-state index in [4.69, 9.17) is 23.2 Å². The molecule has 0 spiro atoms. The molecule has 4 nitrogen and oxygen atoms in total. The topological polar surface area (TPSA) is 35.9 Å². The summed E-state index contributed by atoms with van der Waals surface area (Å²) >= 11 is 16.0. The summed E-state index contributed by atoms with van der Waals surface area (Å²) in [6, 6.07) is 0. The van der Waals surface area contributed by atoms with Crippen LogP contribution in [0.3, 0.4) is 0 Å². The molecule has 0 radical (unpaired) electrons. The highest BCUT2D eigenvalue weighted by Crippen LogP contribution is 2.53. The molecule has 0 aliphatic heterocycles. The molecule has 0 aliphatic rings. The van der Waals surface area contributed by atoms with E-state index in [1.165, 1.54) is 0 Å². The van der Waals surface area contributed by atoms with Crippen molar-refractivity contribution >= 4 is 48.2 Å². The minimum absolute atomic E-state index is 0.370. The Balaban J connectivity index is 5.25. The Hall–Kier alpha value is 0.530. The maximum Gasteiger partial charge on any atom is 0.338 e. The lowest BCUT2D eigenvalue weighted by Gasteiger charge is -2.33. The van der Waals surface area contributed by atoms with Crippen molar-refractivity contribution in [2.24, 2.45) is 4.76 Å². The monoisotopic (exact) mass is 317 g/mol. The molecule has 0 aliphatic carbocycles. The quantitative estimate of drug-likeness (QED) is 0.283. The molecule has 0 N–H and O–H groups in total. The van der Waals surface area contributed by atoms with Gasteiger partial charge in [-0.05, 0) is 12.2 Å². The lowest BCUT2D eigenvalue weighted by Crippen LogP contribution is -2.33. The largest absolute Gasteiger partial charge is 0.338 e. The number of hydrogen-bond donors (Lipinski definition) is 0. The molecule has 17 heavy (non-hydrogen) atoms. The Morgan fingerprint density at radius 2 is 1.65 bits per heavy atom.